The summed E-state index contributed by atoms with van der Waals surface area (Å²) in [5.41, 5.74) is -3.67. The smallest absolute Gasteiger partial charge is 0.412 e. The van der Waals surface area contributed by atoms with Crippen LogP contribution in [0.15, 0.2) is 11.6 Å². The molecule has 1 amide bonds. The van der Waals surface area contributed by atoms with E-state index in [2.05, 4.69) is 6.92 Å². The van der Waals surface area contributed by atoms with Gasteiger partial charge in [0.2, 0.25) is 0 Å². The van der Waals surface area contributed by atoms with Crippen LogP contribution in [0.25, 0.3) is 0 Å². The summed E-state index contributed by atoms with van der Waals surface area (Å²) in [4.78, 5) is 71.0. The van der Waals surface area contributed by atoms with Gasteiger partial charge in [0.15, 0.2) is 5.78 Å². The first-order valence-electron chi connectivity index (χ1n) is 16.7. The molecule has 0 aromatic rings. The average Bonchev–Trinajstić information content (AvgIpc) is 3.18. The molecule has 250 valence electrons. The van der Waals surface area contributed by atoms with Gasteiger partial charge in [-0.1, -0.05) is 40.2 Å². The molecule has 3 aliphatic carbocycles. The molecule has 9 heteroatoms. The lowest BCUT2D eigenvalue weighted by atomic mass is 9.36. The van der Waals surface area contributed by atoms with E-state index in [4.69, 9.17) is 14.2 Å². The van der Waals surface area contributed by atoms with Crippen molar-refractivity contribution in [1.82, 2.24) is 4.90 Å². The Kier molecular flexibility index (Phi) is 8.28. The predicted octanol–water partition coefficient (Wildman–Crippen LogP) is 6.07. The van der Waals surface area contributed by atoms with Crippen molar-refractivity contribution < 1.29 is 38.2 Å². The Labute approximate surface area is 268 Å². The van der Waals surface area contributed by atoms with Crippen molar-refractivity contribution in [2.45, 2.75) is 125 Å². The Morgan fingerprint density at radius 1 is 1.09 bits per heavy atom. The number of carbonyl (C=O) groups excluding carboxylic acids is 5. The fourth-order valence-corrected chi connectivity index (χ4v) is 10.3. The molecular formula is C36H53NO8. The van der Waals surface area contributed by atoms with Crippen molar-refractivity contribution in [3.63, 3.8) is 0 Å². The number of fused-ring (bicyclic) bond motifs is 5. The number of esters is 1. The standard InChI is InChI=1S/C36H53NO8/c1-20-14-24-28(25(38)15-20)22(3)29(41)30-33(24,7)17-26(39)34(8,35(30,9)18-27(40)43-10)11-12-36-16-21(2)13-23(44-36)19-37(36)31(42)45-32(4,5)6/h15,21-24,28,30H,11-14,16-19H2,1-10H3/t21-,22+,23+,24+,28-,30-,33-,34+,35-,36-/m0/s1. The van der Waals surface area contributed by atoms with Crippen molar-refractivity contribution in [1.29, 1.82) is 0 Å². The molecule has 2 bridgehead atoms. The van der Waals surface area contributed by atoms with Gasteiger partial charge in [-0.05, 0) is 83.1 Å². The molecule has 2 saturated carbocycles. The maximum absolute atomic E-state index is 14.7. The number of amides is 1. The van der Waals surface area contributed by atoms with Crippen molar-refractivity contribution in [3.05, 3.63) is 11.6 Å². The van der Waals surface area contributed by atoms with Gasteiger partial charge in [-0.2, -0.15) is 0 Å². The third-order valence-electron chi connectivity index (χ3n) is 12.5. The Balaban J connectivity index is 1.56. The molecule has 0 spiro atoms. The average molecular weight is 628 g/mol. The molecule has 45 heavy (non-hydrogen) atoms. The van der Waals surface area contributed by atoms with Crippen molar-refractivity contribution in [2.24, 2.45) is 45.8 Å². The van der Waals surface area contributed by atoms with Crippen molar-refractivity contribution in [3.8, 4) is 0 Å². The second-order valence-electron chi connectivity index (χ2n) is 16.8. The number of allylic oxidation sites excluding steroid dienone is 2. The van der Waals surface area contributed by atoms with E-state index in [0.29, 0.717) is 38.1 Å². The fraction of sp³-hybridized carbons (Fsp3) is 0.806. The Bertz CT molecular complexity index is 1330. The number of rotatable bonds is 5. The second kappa shape index (κ2) is 11.0. The number of ether oxygens (including phenoxy) is 3. The molecule has 0 N–H and O–H groups in total. The minimum Gasteiger partial charge on any atom is -0.469 e. The molecule has 2 saturated heterocycles. The van der Waals surface area contributed by atoms with Crippen molar-refractivity contribution in [2.75, 3.05) is 13.7 Å². The van der Waals surface area contributed by atoms with E-state index in [9.17, 15) is 24.0 Å². The number of hydrogen-bond donors (Lipinski definition) is 0. The van der Waals surface area contributed by atoms with Gasteiger partial charge in [0.25, 0.3) is 0 Å². The highest BCUT2D eigenvalue weighted by Gasteiger charge is 2.71. The van der Waals surface area contributed by atoms with Gasteiger partial charge in [0.05, 0.1) is 26.2 Å². The maximum Gasteiger partial charge on any atom is 0.412 e. The molecule has 2 aliphatic heterocycles. The Morgan fingerprint density at radius 3 is 2.38 bits per heavy atom. The molecule has 0 unspecified atom stereocenters. The maximum atomic E-state index is 14.7. The van der Waals surface area contributed by atoms with Gasteiger partial charge in [0, 0.05) is 35.0 Å². The number of carbonyl (C=O) groups is 5. The van der Waals surface area contributed by atoms with Crippen LogP contribution >= 0.6 is 0 Å². The number of ketones is 3. The van der Waals surface area contributed by atoms with E-state index >= 15 is 0 Å². The van der Waals surface area contributed by atoms with Gasteiger partial charge < -0.3 is 14.2 Å². The molecule has 4 fully saturated rings. The summed E-state index contributed by atoms with van der Waals surface area (Å²) in [6.45, 7) is 17.7. The first-order valence-corrected chi connectivity index (χ1v) is 16.7. The van der Waals surface area contributed by atoms with Gasteiger partial charge >= 0.3 is 12.1 Å². The number of nitrogens with zero attached hydrogens (tertiary/aromatic N) is 1. The van der Waals surface area contributed by atoms with E-state index < -0.39 is 57.4 Å². The van der Waals surface area contributed by atoms with Gasteiger partial charge in [-0.3, -0.25) is 24.1 Å². The van der Waals surface area contributed by atoms with E-state index in [0.717, 1.165) is 12.0 Å². The second-order valence-corrected chi connectivity index (χ2v) is 16.8. The van der Waals surface area contributed by atoms with Crippen LogP contribution in [0.3, 0.4) is 0 Å². The quantitative estimate of drug-likeness (QED) is 0.337. The highest BCUT2D eigenvalue weighted by Crippen LogP contribution is 2.69. The summed E-state index contributed by atoms with van der Waals surface area (Å²) in [6.07, 6.45) is 3.91. The predicted molar refractivity (Wildman–Crippen MR) is 167 cm³/mol. The monoisotopic (exact) mass is 627 g/mol. The SMILES string of the molecule is COC(=O)C[C@@]1(C)[C@H]2C(=O)[C@H](C)[C@@H]3C(=O)C=C(C)C[C@H]3[C@]2(C)CC(=O)[C@@]1(C)CC[C@]12C[C@@H](C)C[C@H](CN1C(=O)OC(C)(C)C)O2. The molecule has 0 aromatic carbocycles. The zero-order valence-corrected chi connectivity index (χ0v) is 28.9. The van der Waals surface area contributed by atoms with E-state index in [1.807, 2.05) is 55.4 Å². The summed E-state index contributed by atoms with van der Waals surface area (Å²) in [5.74, 6) is -2.12. The first kappa shape index (κ1) is 33.8. The lowest BCUT2D eigenvalue weighted by molar-refractivity contribution is -0.199. The summed E-state index contributed by atoms with van der Waals surface area (Å²) in [7, 11) is 1.33. The summed E-state index contributed by atoms with van der Waals surface area (Å²) < 4.78 is 17.6. The normalized spacial score (nSPS) is 42.9. The number of methoxy groups -OCH3 is 1. The molecule has 0 aromatic heterocycles. The van der Waals surface area contributed by atoms with Crippen LogP contribution in [0.1, 0.15) is 107 Å². The van der Waals surface area contributed by atoms with E-state index in [-0.39, 0.29) is 42.2 Å². The third-order valence-corrected chi connectivity index (χ3v) is 12.5. The van der Waals surface area contributed by atoms with Crippen LogP contribution in [0.4, 0.5) is 4.79 Å². The number of likely N-dealkylation sites (tertiary alicyclic amines) is 1. The molecule has 5 rings (SSSR count). The minimum absolute atomic E-state index is 0.0213. The minimum atomic E-state index is -1.10. The Morgan fingerprint density at radius 2 is 1.76 bits per heavy atom. The van der Waals surface area contributed by atoms with Crippen LogP contribution in [0, 0.1) is 45.8 Å². The first-order chi connectivity index (χ1) is 20.7. The van der Waals surface area contributed by atoms with E-state index in [1.165, 1.54) is 7.11 Å². The largest absolute Gasteiger partial charge is 0.469 e. The fourth-order valence-electron chi connectivity index (χ4n) is 10.3. The van der Waals surface area contributed by atoms with Crippen LogP contribution in [-0.2, 0) is 33.4 Å². The van der Waals surface area contributed by atoms with Crippen molar-refractivity contribution >= 4 is 29.4 Å². The van der Waals surface area contributed by atoms with Crippen LogP contribution < -0.4 is 0 Å². The molecule has 5 aliphatic rings. The topological polar surface area (TPSA) is 116 Å². The number of Topliss-reactive ketones (excluding diaryl/α,β-unsaturated/α-hetero) is 2. The van der Waals surface area contributed by atoms with Crippen LogP contribution in [-0.4, -0.2) is 65.4 Å². The molecular weight excluding hydrogens is 574 g/mol. The molecule has 10 atom stereocenters. The summed E-state index contributed by atoms with van der Waals surface area (Å²) in [5, 5.41) is 0. The number of hydrogen-bond acceptors (Lipinski definition) is 8. The summed E-state index contributed by atoms with van der Waals surface area (Å²) >= 11 is 0. The summed E-state index contributed by atoms with van der Waals surface area (Å²) in [6, 6.07) is 0. The van der Waals surface area contributed by atoms with Crippen LogP contribution in [0.5, 0.6) is 0 Å². The van der Waals surface area contributed by atoms with Gasteiger partial charge in [0.1, 0.15) is 22.9 Å². The molecule has 0 radical (unpaired) electrons. The van der Waals surface area contributed by atoms with E-state index in [1.54, 1.807) is 11.0 Å². The lowest BCUT2D eigenvalue weighted by Crippen LogP contribution is -2.68. The zero-order valence-electron chi connectivity index (χ0n) is 28.9. The third kappa shape index (κ3) is 5.29. The van der Waals surface area contributed by atoms with Gasteiger partial charge in [-0.25, -0.2) is 4.79 Å². The highest BCUT2D eigenvalue weighted by atomic mass is 16.6. The zero-order chi connectivity index (χ0) is 33.5. The molecule has 2 heterocycles. The molecule has 9 nitrogen and oxygen atoms in total. The highest BCUT2D eigenvalue weighted by molar-refractivity contribution is 6.01. The van der Waals surface area contributed by atoms with Gasteiger partial charge in [-0.15, -0.1) is 0 Å². The lowest BCUT2D eigenvalue weighted by Gasteiger charge is -2.65. The van der Waals surface area contributed by atoms with Crippen LogP contribution in [0.2, 0.25) is 0 Å². The Hall–Kier alpha value is -2.55.